The zero-order valence-corrected chi connectivity index (χ0v) is 12.0. The molecule has 0 aromatic carbocycles. The first-order valence-corrected chi connectivity index (χ1v) is 6.54. The Morgan fingerprint density at radius 1 is 1.05 bits per heavy atom. The Kier molecular flexibility index (Phi) is 8.57. The lowest BCUT2D eigenvalue weighted by atomic mass is 10.1. The van der Waals surface area contributed by atoms with E-state index in [0.29, 0.717) is 6.61 Å². The molecule has 0 unspecified atom stereocenters. The average Bonchev–Trinajstić information content (AvgIpc) is 2.34. The first-order chi connectivity index (χ1) is 8.92. The summed E-state index contributed by atoms with van der Waals surface area (Å²) in [6.45, 7) is 7.37. The number of hydrogen-bond donors (Lipinski definition) is 1. The zero-order chi connectivity index (χ0) is 14.8. The van der Waals surface area contributed by atoms with Gasteiger partial charge in [-0.15, -0.1) is 0 Å². The van der Waals surface area contributed by atoms with Gasteiger partial charge in [-0.2, -0.15) is 0 Å². The molecule has 1 N–H and O–H groups in total. The maximum atomic E-state index is 11.7. The minimum absolute atomic E-state index is 0.0652. The van der Waals surface area contributed by atoms with Gasteiger partial charge in [0.25, 0.3) is 0 Å². The van der Waals surface area contributed by atoms with Crippen LogP contribution in [0.1, 0.15) is 40.5 Å². The van der Waals surface area contributed by atoms with Crippen LogP contribution in [0.25, 0.3) is 0 Å². The van der Waals surface area contributed by atoms with Gasteiger partial charge in [0.1, 0.15) is 6.04 Å². The molecule has 0 aliphatic carbocycles. The van der Waals surface area contributed by atoms with Crippen LogP contribution < -0.4 is 5.32 Å². The summed E-state index contributed by atoms with van der Waals surface area (Å²) in [4.78, 5) is 34.5. The van der Waals surface area contributed by atoms with Gasteiger partial charge in [0, 0.05) is 12.3 Å². The molecule has 1 atom stereocenters. The number of hydrogen-bond acceptors (Lipinski definition) is 5. The summed E-state index contributed by atoms with van der Waals surface area (Å²) in [7, 11) is 0. The molecule has 0 fully saturated rings. The van der Waals surface area contributed by atoms with Crippen LogP contribution in [0.2, 0.25) is 0 Å². The van der Waals surface area contributed by atoms with E-state index in [9.17, 15) is 14.4 Å². The lowest BCUT2D eigenvalue weighted by Crippen LogP contribution is -2.43. The molecule has 0 aromatic heterocycles. The van der Waals surface area contributed by atoms with E-state index in [4.69, 9.17) is 9.47 Å². The number of rotatable bonds is 8. The van der Waals surface area contributed by atoms with Crippen molar-refractivity contribution in [2.24, 2.45) is 5.92 Å². The van der Waals surface area contributed by atoms with E-state index in [1.54, 1.807) is 27.7 Å². The van der Waals surface area contributed by atoms with Gasteiger partial charge in [0.2, 0.25) is 5.91 Å². The van der Waals surface area contributed by atoms with E-state index in [-0.39, 0.29) is 31.3 Å². The Morgan fingerprint density at radius 2 is 1.63 bits per heavy atom. The van der Waals surface area contributed by atoms with E-state index in [1.807, 2.05) is 0 Å². The molecular weight excluding hydrogens is 250 g/mol. The molecule has 0 aliphatic heterocycles. The van der Waals surface area contributed by atoms with Gasteiger partial charge in [-0.05, 0) is 20.3 Å². The van der Waals surface area contributed by atoms with Crippen molar-refractivity contribution in [1.82, 2.24) is 5.32 Å². The van der Waals surface area contributed by atoms with Crippen LogP contribution in [0.5, 0.6) is 0 Å². The highest BCUT2D eigenvalue weighted by Crippen LogP contribution is 2.04. The van der Waals surface area contributed by atoms with Crippen LogP contribution in [-0.4, -0.2) is 37.1 Å². The lowest BCUT2D eigenvalue weighted by Gasteiger charge is -2.18. The monoisotopic (exact) mass is 273 g/mol. The van der Waals surface area contributed by atoms with Gasteiger partial charge < -0.3 is 14.8 Å². The molecule has 6 nitrogen and oxygen atoms in total. The van der Waals surface area contributed by atoms with Gasteiger partial charge in [-0.1, -0.05) is 13.8 Å². The van der Waals surface area contributed by atoms with Crippen molar-refractivity contribution in [3.63, 3.8) is 0 Å². The summed E-state index contributed by atoms with van der Waals surface area (Å²) in [5, 5.41) is 2.58. The molecule has 0 spiro atoms. The van der Waals surface area contributed by atoms with E-state index in [0.717, 1.165) is 0 Å². The Labute approximate surface area is 113 Å². The zero-order valence-electron chi connectivity index (χ0n) is 12.0. The summed E-state index contributed by atoms with van der Waals surface area (Å²) in [6.07, 6.45) is 0.242. The van der Waals surface area contributed by atoms with Gasteiger partial charge in [-0.3, -0.25) is 9.59 Å². The molecule has 0 aromatic rings. The molecule has 6 heteroatoms. The first-order valence-electron chi connectivity index (χ1n) is 6.54. The van der Waals surface area contributed by atoms with E-state index < -0.39 is 18.0 Å². The standard InChI is InChI=1S/C13H23NO5/c1-5-18-11(15)8-7-10(13(17)19-6-2)14-12(16)9(3)4/h9-10H,5-8H2,1-4H3,(H,14,16)/t10-/m1/s1. The predicted octanol–water partition coefficient (Wildman–Crippen LogP) is 1.03. The number of amides is 1. The minimum Gasteiger partial charge on any atom is -0.466 e. The third-order valence-corrected chi connectivity index (χ3v) is 2.35. The Balaban J connectivity index is 4.45. The molecule has 19 heavy (non-hydrogen) atoms. The van der Waals surface area contributed by atoms with Crippen LogP contribution in [0, 0.1) is 5.92 Å². The molecule has 0 bridgehead atoms. The third-order valence-electron chi connectivity index (χ3n) is 2.35. The summed E-state index contributed by atoms with van der Waals surface area (Å²) >= 11 is 0. The number of nitrogens with one attached hydrogen (secondary N) is 1. The van der Waals surface area contributed by atoms with Crippen LogP contribution in [0.3, 0.4) is 0 Å². The van der Waals surface area contributed by atoms with Crippen molar-refractivity contribution in [3.05, 3.63) is 0 Å². The third kappa shape index (κ3) is 7.43. The summed E-state index contributed by atoms with van der Waals surface area (Å²) in [5.41, 5.74) is 0. The second kappa shape index (κ2) is 9.35. The van der Waals surface area contributed by atoms with Gasteiger partial charge >= 0.3 is 11.9 Å². The van der Waals surface area contributed by atoms with Gasteiger partial charge in [0.05, 0.1) is 13.2 Å². The summed E-state index contributed by atoms with van der Waals surface area (Å²) in [6, 6.07) is -0.806. The number of esters is 2. The molecule has 110 valence electrons. The van der Waals surface area contributed by atoms with Crippen molar-refractivity contribution < 1.29 is 23.9 Å². The fourth-order valence-electron chi connectivity index (χ4n) is 1.33. The van der Waals surface area contributed by atoms with E-state index in [2.05, 4.69) is 5.32 Å². The molecule has 0 aliphatic rings. The number of ether oxygens (including phenoxy) is 2. The number of carbonyl (C=O) groups excluding carboxylic acids is 3. The molecule has 0 saturated heterocycles. The molecule has 0 radical (unpaired) electrons. The molecule has 0 rings (SSSR count). The van der Waals surface area contributed by atoms with Crippen molar-refractivity contribution in [2.75, 3.05) is 13.2 Å². The molecular formula is C13H23NO5. The quantitative estimate of drug-likeness (QED) is 0.668. The average molecular weight is 273 g/mol. The highest BCUT2D eigenvalue weighted by Gasteiger charge is 2.24. The SMILES string of the molecule is CCOC(=O)CC[C@@H](NC(=O)C(C)C)C(=O)OCC. The molecule has 1 amide bonds. The van der Waals surface area contributed by atoms with Crippen LogP contribution in [0.15, 0.2) is 0 Å². The predicted molar refractivity (Wildman–Crippen MR) is 69.3 cm³/mol. The fourth-order valence-corrected chi connectivity index (χ4v) is 1.33. The second-order valence-corrected chi connectivity index (χ2v) is 4.31. The van der Waals surface area contributed by atoms with Crippen LogP contribution in [0.4, 0.5) is 0 Å². The summed E-state index contributed by atoms with van der Waals surface area (Å²) < 4.78 is 9.65. The lowest BCUT2D eigenvalue weighted by molar-refractivity contribution is -0.149. The van der Waals surface area contributed by atoms with Crippen LogP contribution >= 0.6 is 0 Å². The molecule has 0 saturated carbocycles. The first kappa shape index (κ1) is 17.4. The Morgan fingerprint density at radius 3 is 2.11 bits per heavy atom. The van der Waals surface area contributed by atoms with Crippen molar-refractivity contribution in [3.8, 4) is 0 Å². The Bertz CT molecular complexity index is 314. The van der Waals surface area contributed by atoms with Gasteiger partial charge in [0.15, 0.2) is 0 Å². The van der Waals surface area contributed by atoms with Gasteiger partial charge in [-0.25, -0.2) is 4.79 Å². The smallest absolute Gasteiger partial charge is 0.328 e. The maximum absolute atomic E-state index is 11.7. The largest absolute Gasteiger partial charge is 0.466 e. The second-order valence-electron chi connectivity index (χ2n) is 4.31. The Hall–Kier alpha value is -1.59. The van der Waals surface area contributed by atoms with Crippen molar-refractivity contribution in [2.45, 2.75) is 46.6 Å². The fraction of sp³-hybridized carbons (Fsp3) is 0.769. The molecule has 0 heterocycles. The summed E-state index contributed by atoms with van der Waals surface area (Å²) in [5.74, 6) is -1.40. The van der Waals surface area contributed by atoms with Crippen LogP contribution in [-0.2, 0) is 23.9 Å². The normalized spacial score (nSPS) is 11.8. The van der Waals surface area contributed by atoms with Crippen molar-refractivity contribution in [1.29, 1.82) is 0 Å². The highest BCUT2D eigenvalue weighted by molar-refractivity contribution is 5.85. The highest BCUT2D eigenvalue weighted by atomic mass is 16.5. The van der Waals surface area contributed by atoms with Crippen molar-refractivity contribution >= 4 is 17.8 Å². The van der Waals surface area contributed by atoms with E-state index in [1.165, 1.54) is 0 Å². The van der Waals surface area contributed by atoms with E-state index >= 15 is 0 Å². The minimum atomic E-state index is -0.806. The maximum Gasteiger partial charge on any atom is 0.328 e. The topological polar surface area (TPSA) is 81.7 Å². The number of carbonyl (C=O) groups is 3.